The molecule has 0 spiro atoms. The van der Waals surface area contributed by atoms with Gasteiger partial charge in [-0.05, 0) is 12.1 Å². The summed E-state index contributed by atoms with van der Waals surface area (Å²) < 4.78 is 0.850. The summed E-state index contributed by atoms with van der Waals surface area (Å²) in [6.07, 6.45) is 0. The molecule has 3 nitrogen and oxygen atoms in total. The molecule has 0 atom stereocenters. The summed E-state index contributed by atoms with van der Waals surface area (Å²) >= 11 is 3.29. The third-order valence-corrected chi connectivity index (χ3v) is 2.63. The topological polar surface area (TPSA) is 55.5 Å². The van der Waals surface area contributed by atoms with Gasteiger partial charge >= 0.3 is 0 Å². The Bertz CT molecular complexity index is 326. The summed E-state index contributed by atoms with van der Waals surface area (Å²) in [5.41, 5.74) is 0.533. The van der Waals surface area contributed by atoms with Gasteiger partial charge in [-0.3, -0.25) is 0 Å². The zero-order valence-corrected chi connectivity index (χ0v) is 9.84. The number of phenols is 1. The molecule has 0 aliphatic carbocycles. The average molecular weight is 260 g/mol. The lowest BCUT2D eigenvalue weighted by atomic mass is 9.85. The van der Waals surface area contributed by atoms with Gasteiger partial charge in [0.05, 0.1) is 6.61 Å². The van der Waals surface area contributed by atoms with E-state index in [-0.39, 0.29) is 11.2 Å². The SMILES string of the molecule is CC(C)(CON)c1ccc(Br)cc1O. The number of benzene rings is 1. The first-order valence-corrected chi connectivity index (χ1v) is 5.07. The van der Waals surface area contributed by atoms with E-state index in [0.29, 0.717) is 6.61 Å². The molecule has 0 saturated carbocycles. The summed E-state index contributed by atoms with van der Waals surface area (Å²) in [6, 6.07) is 5.40. The highest BCUT2D eigenvalue weighted by Crippen LogP contribution is 2.32. The van der Waals surface area contributed by atoms with E-state index in [1.165, 1.54) is 0 Å². The fraction of sp³-hybridized carbons (Fsp3) is 0.400. The average Bonchev–Trinajstić information content (AvgIpc) is 2.02. The number of hydrogen-bond donors (Lipinski definition) is 2. The number of nitrogens with two attached hydrogens (primary N) is 1. The second-order valence-corrected chi connectivity index (χ2v) is 4.77. The number of aromatic hydroxyl groups is 1. The second-order valence-electron chi connectivity index (χ2n) is 3.86. The first-order valence-electron chi connectivity index (χ1n) is 4.28. The third kappa shape index (κ3) is 2.47. The van der Waals surface area contributed by atoms with Crippen LogP contribution in [0, 0.1) is 0 Å². The van der Waals surface area contributed by atoms with Gasteiger partial charge in [-0.25, -0.2) is 5.90 Å². The molecular formula is C10H14BrNO2. The maximum absolute atomic E-state index is 9.73. The molecule has 78 valence electrons. The molecule has 14 heavy (non-hydrogen) atoms. The Balaban J connectivity index is 3.06. The molecule has 3 N–H and O–H groups in total. The minimum Gasteiger partial charge on any atom is -0.508 e. The van der Waals surface area contributed by atoms with Gasteiger partial charge in [-0.1, -0.05) is 35.8 Å². The van der Waals surface area contributed by atoms with E-state index in [4.69, 9.17) is 5.90 Å². The van der Waals surface area contributed by atoms with Crippen LogP contribution in [-0.2, 0) is 10.3 Å². The van der Waals surface area contributed by atoms with Crippen molar-refractivity contribution in [3.63, 3.8) is 0 Å². The molecule has 0 saturated heterocycles. The maximum atomic E-state index is 9.73. The van der Waals surface area contributed by atoms with Crippen LogP contribution in [0.5, 0.6) is 5.75 Å². The number of rotatable bonds is 3. The van der Waals surface area contributed by atoms with Crippen LogP contribution in [0.4, 0.5) is 0 Å². The van der Waals surface area contributed by atoms with Crippen LogP contribution in [0.1, 0.15) is 19.4 Å². The van der Waals surface area contributed by atoms with Crippen molar-refractivity contribution < 1.29 is 9.94 Å². The summed E-state index contributed by atoms with van der Waals surface area (Å²) in [5, 5.41) is 9.73. The zero-order chi connectivity index (χ0) is 10.8. The molecule has 1 aromatic carbocycles. The fourth-order valence-corrected chi connectivity index (χ4v) is 1.71. The first-order chi connectivity index (χ1) is 6.47. The van der Waals surface area contributed by atoms with Gasteiger partial charge < -0.3 is 9.94 Å². The van der Waals surface area contributed by atoms with E-state index >= 15 is 0 Å². The lowest BCUT2D eigenvalue weighted by Crippen LogP contribution is -2.26. The second kappa shape index (κ2) is 4.29. The zero-order valence-electron chi connectivity index (χ0n) is 8.25. The van der Waals surface area contributed by atoms with Crippen molar-refractivity contribution in [3.8, 4) is 5.75 Å². The Hall–Kier alpha value is -0.580. The number of hydrogen-bond acceptors (Lipinski definition) is 3. The Labute approximate surface area is 92.0 Å². The molecule has 0 bridgehead atoms. The van der Waals surface area contributed by atoms with Crippen molar-refractivity contribution in [2.45, 2.75) is 19.3 Å². The molecule has 0 radical (unpaired) electrons. The summed E-state index contributed by atoms with van der Waals surface area (Å²) in [7, 11) is 0. The minimum atomic E-state index is -0.292. The summed E-state index contributed by atoms with van der Waals surface area (Å²) in [6.45, 7) is 4.29. The standard InChI is InChI=1S/C10H14BrNO2/c1-10(2,6-14-12)8-4-3-7(11)5-9(8)13/h3-5,13H,6,12H2,1-2H3. The van der Waals surface area contributed by atoms with Crippen LogP contribution in [0.25, 0.3) is 0 Å². The van der Waals surface area contributed by atoms with Crippen molar-refractivity contribution >= 4 is 15.9 Å². The quantitative estimate of drug-likeness (QED) is 0.820. The van der Waals surface area contributed by atoms with Gasteiger partial charge in [0.1, 0.15) is 5.75 Å². The molecular weight excluding hydrogens is 246 g/mol. The van der Waals surface area contributed by atoms with Crippen molar-refractivity contribution in [2.75, 3.05) is 6.61 Å². The van der Waals surface area contributed by atoms with Crippen molar-refractivity contribution in [2.24, 2.45) is 5.90 Å². The predicted molar refractivity (Wildman–Crippen MR) is 59.0 cm³/mol. The Morgan fingerprint density at radius 2 is 2.14 bits per heavy atom. The van der Waals surface area contributed by atoms with Crippen LogP contribution in [0.15, 0.2) is 22.7 Å². The van der Waals surface area contributed by atoms with Gasteiger partial charge in [0.15, 0.2) is 0 Å². The molecule has 1 rings (SSSR count). The van der Waals surface area contributed by atoms with E-state index in [1.807, 2.05) is 26.0 Å². The summed E-state index contributed by atoms with van der Waals surface area (Å²) in [5.74, 6) is 5.29. The predicted octanol–water partition coefficient (Wildman–Crippen LogP) is 2.32. The van der Waals surface area contributed by atoms with E-state index in [1.54, 1.807) is 6.07 Å². The first kappa shape index (κ1) is 11.5. The van der Waals surface area contributed by atoms with Crippen molar-refractivity contribution in [3.05, 3.63) is 28.2 Å². The van der Waals surface area contributed by atoms with E-state index < -0.39 is 0 Å². The van der Waals surface area contributed by atoms with Gasteiger partial charge in [-0.2, -0.15) is 0 Å². The van der Waals surface area contributed by atoms with Crippen LogP contribution in [0.3, 0.4) is 0 Å². The van der Waals surface area contributed by atoms with E-state index in [0.717, 1.165) is 10.0 Å². The molecule has 0 aliphatic rings. The molecule has 0 fully saturated rings. The lowest BCUT2D eigenvalue weighted by molar-refractivity contribution is 0.0954. The highest BCUT2D eigenvalue weighted by molar-refractivity contribution is 9.10. The number of phenolic OH excluding ortho intramolecular Hbond substituents is 1. The van der Waals surface area contributed by atoms with Gasteiger partial charge in [0, 0.05) is 15.5 Å². The molecule has 0 heterocycles. The Morgan fingerprint density at radius 3 is 2.64 bits per heavy atom. The molecule has 0 amide bonds. The van der Waals surface area contributed by atoms with Crippen LogP contribution in [0.2, 0.25) is 0 Å². The number of halogens is 1. The smallest absolute Gasteiger partial charge is 0.120 e. The normalized spacial score (nSPS) is 11.7. The van der Waals surface area contributed by atoms with Crippen molar-refractivity contribution in [1.29, 1.82) is 0 Å². The Kier molecular flexibility index (Phi) is 3.53. The highest BCUT2D eigenvalue weighted by Gasteiger charge is 2.24. The Morgan fingerprint density at radius 1 is 1.50 bits per heavy atom. The summed E-state index contributed by atoms with van der Waals surface area (Å²) in [4.78, 5) is 4.62. The third-order valence-electron chi connectivity index (χ3n) is 2.13. The molecule has 0 aromatic heterocycles. The lowest BCUT2D eigenvalue weighted by Gasteiger charge is -2.24. The molecule has 0 unspecified atom stereocenters. The van der Waals surface area contributed by atoms with E-state index in [9.17, 15) is 5.11 Å². The van der Waals surface area contributed by atoms with Crippen LogP contribution >= 0.6 is 15.9 Å². The largest absolute Gasteiger partial charge is 0.508 e. The molecule has 4 heteroatoms. The highest BCUT2D eigenvalue weighted by atomic mass is 79.9. The van der Waals surface area contributed by atoms with Crippen molar-refractivity contribution in [1.82, 2.24) is 0 Å². The minimum absolute atomic E-state index is 0.251. The van der Waals surface area contributed by atoms with Gasteiger partial charge in [-0.15, -0.1) is 0 Å². The van der Waals surface area contributed by atoms with Crippen LogP contribution < -0.4 is 5.90 Å². The fourth-order valence-electron chi connectivity index (χ4n) is 1.36. The van der Waals surface area contributed by atoms with Gasteiger partial charge in [0.25, 0.3) is 0 Å². The monoisotopic (exact) mass is 259 g/mol. The van der Waals surface area contributed by atoms with Crippen LogP contribution in [-0.4, -0.2) is 11.7 Å². The van der Waals surface area contributed by atoms with Gasteiger partial charge in [0.2, 0.25) is 0 Å². The maximum Gasteiger partial charge on any atom is 0.120 e. The van der Waals surface area contributed by atoms with E-state index in [2.05, 4.69) is 20.8 Å². The molecule has 1 aromatic rings. The molecule has 0 aliphatic heterocycles.